The van der Waals surface area contributed by atoms with E-state index in [0.717, 1.165) is 22.4 Å². The van der Waals surface area contributed by atoms with Crippen molar-refractivity contribution < 1.29 is 14.4 Å². The van der Waals surface area contributed by atoms with E-state index in [4.69, 9.17) is 0 Å². The fraction of sp³-hybridized carbons (Fsp3) is 0.318. The van der Waals surface area contributed by atoms with Crippen molar-refractivity contribution in [2.75, 3.05) is 6.54 Å². The van der Waals surface area contributed by atoms with Gasteiger partial charge < -0.3 is 10.6 Å². The van der Waals surface area contributed by atoms with Crippen LogP contribution in [0.2, 0.25) is 0 Å². The van der Waals surface area contributed by atoms with Gasteiger partial charge in [0.05, 0.1) is 6.04 Å². The molecule has 1 aliphatic rings. The molecule has 1 fully saturated rings. The van der Waals surface area contributed by atoms with Crippen molar-refractivity contribution in [3.8, 4) is 0 Å². The first-order valence-corrected chi connectivity index (χ1v) is 9.52. The van der Waals surface area contributed by atoms with Crippen LogP contribution >= 0.6 is 0 Å². The molecular weight excluding hydrogens is 354 g/mol. The molecule has 0 aromatic heterocycles. The van der Waals surface area contributed by atoms with E-state index in [2.05, 4.69) is 17.6 Å². The van der Waals surface area contributed by atoms with Gasteiger partial charge in [0.15, 0.2) is 0 Å². The second-order valence-electron chi connectivity index (χ2n) is 7.00. The van der Waals surface area contributed by atoms with E-state index in [1.807, 2.05) is 61.5 Å². The number of nitrogens with one attached hydrogen (secondary N) is 2. The molecule has 3 rings (SSSR count). The first kappa shape index (κ1) is 19.6. The van der Waals surface area contributed by atoms with Crippen molar-refractivity contribution in [2.24, 2.45) is 0 Å². The lowest BCUT2D eigenvalue weighted by Gasteiger charge is -2.17. The van der Waals surface area contributed by atoms with E-state index in [9.17, 15) is 14.4 Å². The smallest absolute Gasteiger partial charge is 0.325 e. The first-order chi connectivity index (χ1) is 13.5. The SMILES string of the molecule is CCc1ccc([C@H](C)NC(=O)CN2C(=O)N[C@H](Cc3ccccc3)C2=O)cc1. The maximum atomic E-state index is 12.5. The zero-order valence-electron chi connectivity index (χ0n) is 16.1. The van der Waals surface area contributed by atoms with E-state index < -0.39 is 12.1 Å². The van der Waals surface area contributed by atoms with Crippen LogP contribution in [-0.4, -0.2) is 35.3 Å². The van der Waals surface area contributed by atoms with Crippen molar-refractivity contribution >= 4 is 17.8 Å². The Labute approximate surface area is 164 Å². The Bertz CT molecular complexity index is 849. The summed E-state index contributed by atoms with van der Waals surface area (Å²) in [5.74, 6) is -0.736. The quantitative estimate of drug-likeness (QED) is 0.726. The zero-order valence-corrected chi connectivity index (χ0v) is 16.1. The molecule has 1 aliphatic heterocycles. The highest BCUT2D eigenvalue weighted by Crippen LogP contribution is 2.15. The monoisotopic (exact) mass is 379 g/mol. The third kappa shape index (κ3) is 4.57. The van der Waals surface area contributed by atoms with Gasteiger partial charge in [0.2, 0.25) is 5.91 Å². The normalized spacial score (nSPS) is 17.4. The molecule has 2 aromatic rings. The highest BCUT2D eigenvalue weighted by atomic mass is 16.2. The van der Waals surface area contributed by atoms with E-state index in [1.54, 1.807) is 0 Å². The van der Waals surface area contributed by atoms with Crippen molar-refractivity contribution in [3.05, 3.63) is 71.3 Å². The minimum Gasteiger partial charge on any atom is -0.348 e. The van der Waals surface area contributed by atoms with Gasteiger partial charge in [-0.1, -0.05) is 61.5 Å². The number of rotatable bonds is 7. The maximum Gasteiger partial charge on any atom is 0.325 e. The van der Waals surface area contributed by atoms with Gasteiger partial charge in [0, 0.05) is 6.42 Å². The topological polar surface area (TPSA) is 78.5 Å². The predicted octanol–water partition coefficient (Wildman–Crippen LogP) is 2.59. The van der Waals surface area contributed by atoms with Gasteiger partial charge in [-0.25, -0.2) is 4.79 Å². The summed E-state index contributed by atoms with van der Waals surface area (Å²) in [5.41, 5.74) is 3.16. The van der Waals surface area contributed by atoms with Crippen molar-refractivity contribution in [1.29, 1.82) is 0 Å². The molecule has 2 atom stereocenters. The Morgan fingerprint density at radius 3 is 2.39 bits per heavy atom. The van der Waals surface area contributed by atoms with Crippen LogP contribution in [0.5, 0.6) is 0 Å². The number of amides is 4. The highest BCUT2D eigenvalue weighted by molar-refractivity contribution is 6.06. The molecule has 1 saturated heterocycles. The first-order valence-electron chi connectivity index (χ1n) is 9.52. The van der Waals surface area contributed by atoms with Crippen molar-refractivity contribution in [3.63, 3.8) is 0 Å². The van der Waals surface area contributed by atoms with Gasteiger partial charge in [0.1, 0.15) is 12.6 Å². The number of carbonyl (C=O) groups excluding carboxylic acids is 3. The van der Waals surface area contributed by atoms with Gasteiger partial charge in [0.25, 0.3) is 5.91 Å². The molecule has 2 aromatic carbocycles. The second-order valence-corrected chi connectivity index (χ2v) is 7.00. The lowest BCUT2D eigenvalue weighted by atomic mass is 10.0. The molecule has 28 heavy (non-hydrogen) atoms. The Morgan fingerprint density at radius 1 is 1.07 bits per heavy atom. The van der Waals surface area contributed by atoms with E-state index in [0.29, 0.717) is 6.42 Å². The average Bonchev–Trinajstić information content (AvgIpc) is 2.96. The summed E-state index contributed by atoms with van der Waals surface area (Å²) in [7, 11) is 0. The Kier molecular flexibility index (Phi) is 6.09. The molecule has 0 unspecified atom stereocenters. The van der Waals surface area contributed by atoms with Crippen molar-refractivity contribution in [1.82, 2.24) is 15.5 Å². The molecule has 6 nitrogen and oxygen atoms in total. The van der Waals surface area contributed by atoms with Crippen LogP contribution in [-0.2, 0) is 22.4 Å². The summed E-state index contributed by atoms with van der Waals surface area (Å²) in [4.78, 5) is 38.1. The van der Waals surface area contributed by atoms with E-state index in [-0.39, 0.29) is 24.4 Å². The minimum absolute atomic E-state index is 0.209. The van der Waals surface area contributed by atoms with Crippen molar-refractivity contribution in [2.45, 2.75) is 38.8 Å². The van der Waals surface area contributed by atoms with Gasteiger partial charge in [-0.2, -0.15) is 0 Å². The molecule has 4 amide bonds. The Balaban J connectivity index is 1.57. The number of urea groups is 1. The molecule has 2 N–H and O–H groups in total. The third-order valence-corrected chi connectivity index (χ3v) is 4.96. The molecule has 0 spiro atoms. The molecule has 0 aliphatic carbocycles. The number of imide groups is 1. The van der Waals surface area contributed by atoms with Crippen LogP contribution in [0.15, 0.2) is 54.6 Å². The molecule has 6 heteroatoms. The summed E-state index contributed by atoms with van der Waals surface area (Å²) in [5, 5.41) is 5.52. The van der Waals surface area contributed by atoms with E-state index in [1.165, 1.54) is 5.56 Å². The number of nitrogens with zero attached hydrogens (tertiary/aromatic N) is 1. The lowest BCUT2D eigenvalue weighted by Crippen LogP contribution is -2.42. The van der Waals surface area contributed by atoms with Gasteiger partial charge in [-0.05, 0) is 30.0 Å². The summed E-state index contributed by atoms with van der Waals surface area (Å²) < 4.78 is 0. The molecule has 0 radical (unpaired) electrons. The van der Waals surface area contributed by atoms with Crippen LogP contribution in [0.1, 0.15) is 36.6 Å². The number of aryl methyl sites for hydroxylation is 1. The summed E-state index contributed by atoms with van der Waals surface area (Å²) in [6, 6.07) is 16.1. The standard InChI is InChI=1S/C22H25N3O3/c1-3-16-9-11-18(12-10-16)15(2)23-20(26)14-25-21(27)19(24-22(25)28)13-17-7-5-4-6-8-17/h4-12,15,19H,3,13-14H2,1-2H3,(H,23,26)(H,24,28)/t15-,19+/m0/s1. The average molecular weight is 379 g/mol. The maximum absolute atomic E-state index is 12.5. The molecule has 0 saturated carbocycles. The number of benzene rings is 2. The number of carbonyl (C=O) groups is 3. The van der Waals surface area contributed by atoms with Gasteiger partial charge >= 0.3 is 6.03 Å². The molecule has 1 heterocycles. The predicted molar refractivity (Wildman–Crippen MR) is 107 cm³/mol. The Morgan fingerprint density at radius 2 is 1.75 bits per heavy atom. The molecule has 0 bridgehead atoms. The highest BCUT2D eigenvalue weighted by Gasteiger charge is 2.38. The van der Waals surface area contributed by atoms with Crippen LogP contribution in [0, 0.1) is 0 Å². The fourth-order valence-corrected chi connectivity index (χ4v) is 3.27. The minimum atomic E-state index is -0.637. The number of hydrogen-bond acceptors (Lipinski definition) is 3. The van der Waals surface area contributed by atoms with Crippen LogP contribution in [0.25, 0.3) is 0 Å². The van der Waals surface area contributed by atoms with Gasteiger partial charge in [-0.3, -0.25) is 14.5 Å². The van der Waals surface area contributed by atoms with Crippen LogP contribution < -0.4 is 10.6 Å². The number of hydrogen-bond donors (Lipinski definition) is 2. The van der Waals surface area contributed by atoms with Crippen LogP contribution in [0.4, 0.5) is 4.79 Å². The molecular formula is C22H25N3O3. The van der Waals surface area contributed by atoms with E-state index >= 15 is 0 Å². The zero-order chi connectivity index (χ0) is 20.1. The van der Waals surface area contributed by atoms with Gasteiger partial charge in [-0.15, -0.1) is 0 Å². The fourth-order valence-electron chi connectivity index (χ4n) is 3.27. The third-order valence-electron chi connectivity index (χ3n) is 4.96. The largest absolute Gasteiger partial charge is 0.348 e. The van der Waals surface area contributed by atoms with Crippen LogP contribution in [0.3, 0.4) is 0 Å². The Hall–Kier alpha value is -3.15. The second kappa shape index (κ2) is 8.69. The summed E-state index contributed by atoms with van der Waals surface area (Å²) >= 11 is 0. The summed E-state index contributed by atoms with van der Waals surface area (Å²) in [6.45, 7) is 3.68. The lowest BCUT2D eigenvalue weighted by molar-refractivity contribution is -0.132. The summed E-state index contributed by atoms with van der Waals surface area (Å²) in [6.07, 6.45) is 1.36. The molecule has 146 valence electrons.